The number of nitrogens with one attached hydrogen (secondary N) is 1. The second-order valence-electron chi connectivity index (χ2n) is 4.76. The largest absolute Gasteiger partial charge is 1.00 e. The summed E-state index contributed by atoms with van der Waals surface area (Å²) in [6.45, 7) is 1.19. The maximum absolute atomic E-state index is 13.2. The van der Waals surface area contributed by atoms with Gasteiger partial charge in [-0.15, -0.1) is 0 Å². The molecule has 4 atom stereocenters. The van der Waals surface area contributed by atoms with Crippen LogP contribution in [0.5, 0.6) is 0 Å². The zero-order chi connectivity index (χ0) is 16.7. The predicted molar refractivity (Wildman–Crippen MR) is 64.0 cm³/mol. The summed E-state index contributed by atoms with van der Waals surface area (Å²) in [5, 5.41) is 9.82. The van der Waals surface area contributed by atoms with Gasteiger partial charge in [-0.25, -0.2) is 4.79 Å². The van der Waals surface area contributed by atoms with Gasteiger partial charge in [-0.1, -0.05) is 0 Å². The van der Waals surface area contributed by atoms with Crippen LogP contribution in [0.3, 0.4) is 0 Å². The van der Waals surface area contributed by atoms with Crippen molar-refractivity contribution < 1.29 is 70.8 Å². The van der Waals surface area contributed by atoms with Gasteiger partial charge < -0.3 is 28.7 Å². The maximum atomic E-state index is 13.2. The molecule has 1 saturated heterocycles. The quantitative estimate of drug-likeness (QED) is 0.400. The number of ether oxygens (including phenoxy) is 1. The Bertz CT molecular complexity index is 722. The number of aromatic amines is 1. The van der Waals surface area contributed by atoms with Crippen molar-refractivity contribution in [3.8, 4) is 0 Å². The van der Waals surface area contributed by atoms with Crippen LogP contribution in [0.4, 0.5) is 4.39 Å². The van der Waals surface area contributed by atoms with E-state index < -0.39 is 49.4 Å². The van der Waals surface area contributed by atoms with Crippen molar-refractivity contribution in [1.29, 1.82) is 0 Å². The Labute approximate surface area is 159 Å². The number of halogens is 1. The summed E-state index contributed by atoms with van der Waals surface area (Å²) in [5.41, 5.74) is -2.16. The van der Waals surface area contributed by atoms with Crippen molar-refractivity contribution in [3.05, 3.63) is 32.9 Å². The van der Waals surface area contributed by atoms with E-state index in [9.17, 15) is 33.4 Å². The Hall–Kier alpha value is -0.165. The minimum absolute atomic E-state index is 0. The zero-order valence-corrected chi connectivity index (χ0v) is 14.1. The minimum Gasteiger partial charge on any atom is -0.790 e. The molecule has 1 aromatic rings. The van der Waals surface area contributed by atoms with Gasteiger partial charge >= 0.3 is 43.4 Å². The van der Waals surface area contributed by atoms with Crippen LogP contribution in [-0.4, -0.2) is 33.0 Å². The topological polar surface area (TPSA) is 157 Å². The van der Waals surface area contributed by atoms with Crippen molar-refractivity contribution in [2.24, 2.45) is 0 Å². The van der Waals surface area contributed by atoms with E-state index in [1.54, 1.807) is 4.98 Å². The first-order valence-corrected chi connectivity index (χ1v) is 7.59. The fourth-order valence-electron chi connectivity index (χ4n) is 2.21. The number of H-pyrrole nitrogens is 1. The van der Waals surface area contributed by atoms with Crippen LogP contribution in [0.2, 0.25) is 0 Å². The Kier molecular flexibility index (Phi) is 8.91. The number of rotatable bonds is 4. The first-order valence-electron chi connectivity index (χ1n) is 6.13. The van der Waals surface area contributed by atoms with Crippen LogP contribution in [0, 0.1) is 5.82 Å². The summed E-state index contributed by atoms with van der Waals surface area (Å²) in [6.07, 6.45) is -4.51. The molecule has 0 radical (unpaired) electrons. The summed E-state index contributed by atoms with van der Waals surface area (Å²) in [7, 11) is -5.28. The van der Waals surface area contributed by atoms with Crippen molar-refractivity contribution >= 4 is 7.82 Å². The number of aliphatic hydroxyl groups is 1. The van der Waals surface area contributed by atoms with E-state index in [2.05, 4.69) is 4.52 Å². The summed E-state index contributed by atoms with van der Waals surface area (Å²) < 4.78 is 33.9. The second-order valence-corrected chi connectivity index (χ2v) is 5.86. The van der Waals surface area contributed by atoms with Crippen LogP contribution in [0.25, 0.3) is 0 Å². The van der Waals surface area contributed by atoms with Gasteiger partial charge in [0.1, 0.15) is 12.3 Å². The predicted octanol–water partition coefficient (Wildman–Crippen LogP) is -8.43. The third-order valence-electron chi connectivity index (χ3n) is 3.13. The van der Waals surface area contributed by atoms with Gasteiger partial charge in [0.2, 0.25) is 5.82 Å². The third-order valence-corrected chi connectivity index (χ3v) is 3.72. The number of phosphoric acid groups is 1. The van der Waals surface area contributed by atoms with Crippen molar-refractivity contribution in [1.82, 2.24) is 9.55 Å². The van der Waals surface area contributed by atoms with Crippen LogP contribution < -0.4 is 58.8 Å². The van der Waals surface area contributed by atoms with E-state index in [-0.39, 0.29) is 44.1 Å². The normalized spacial score (nSPS) is 24.8. The van der Waals surface area contributed by atoms with E-state index >= 15 is 0 Å². The number of aromatic nitrogens is 2. The molecule has 124 valence electrons. The molecule has 0 aliphatic carbocycles. The number of nitrogens with zero attached hydrogens (tertiary/aromatic N) is 1. The third kappa shape index (κ3) is 5.68. The van der Waals surface area contributed by atoms with Crippen LogP contribution >= 0.6 is 7.82 Å². The molecular weight excluding hydrogens is 340 g/mol. The van der Waals surface area contributed by atoms with E-state index in [1.165, 1.54) is 6.92 Å². The average molecular weight is 352 g/mol. The fourth-order valence-corrected chi connectivity index (χ4v) is 2.74. The van der Waals surface area contributed by atoms with Gasteiger partial charge in [-0.2, -0.15) is 4.39 Å². The SMILES string of the molecule is C[C@H](OP(=O)([O-])[O-])[C@H]1O[C@@H](n2cc(F)c(=O)[nH]c2=O)C[C@@H]1O.[Li+].[Li+]. The molecule has 0 aromatic carbocycles. The van der Waals surface area contributed by atoms with E-state index in [4.69, 9.17) is 4.74 Å². The summed E-state index contributed by atoms with van der Waals surface area (Å²) in [4.78, 5) is 45.4. The number of hydrogen-bond acceptors (Lipinski definition) is 8. The summed E-state index contributed by atoms with van der Waals surface area (Å²) >= 11 is 0. The molecule has 24 heavy (non-hydrogen) atoms. The molecule has 2 rings (SSSR count). The Morgan fingerprint density at radius 1 is 1.50 bits per heavy atom. The molecule has 10 nitrogen and oxygen atoms in total. The fraction of sp³-hybridized carbons (Fsp3) is 0.600. The van der Waals surface area contributed by atoms with Crippen LogP contribution in [-0.2, 0) is 13.8 Å². The van der Waals surface area contributed by atoms with Gasteiger partial charge in [0.05, 0.1) is 26.2 Å². The van der Waals surface area contributed by atoms with Crippen LogP contribution in [0.1, 0.15) is 19.6 Å². The molecule has 1 aliphatic rings. The molecule has 0 unspecified atom stereocenters. The van der Waals surface area contributed by atoms with Gasteiger partial charge in [-0.05, 0) is 6.92 Å². The Morgan fingerprint density at radius 2 is 2.08 bits per heavy atom. The molecule has 1 aliphatic heterocycles. The molecule has 1 aromatic heterocycles. The number of hydrogen-bond donors (Lipinski definition) is 2. The molecule has 0 spiro atoms. The van der Waals surface area contributed by atoms with Crippen LogP contribution in [0.15, 0.2) is 15.8 Å². The van der Waals surface area contributed by atoms with E-state index in [0.29, 0.717) is 10.8 Å². The molecule has 1 fully saturated rings. The molecule has 0 bridgehead atoms. The van der Waals surface area contributed by atoms with Gasteiger partial charge in [0.25, 0.3) is 5.56 Å². The zero-order valence-electron chi connectivity index (χ0n) is 13.2. The second kappa shape index (κ2) is 8.97. The van der Waals surface area contributed by atoms with Crippen molar-refractivity contribution in [2.75, 3.05) is 0 Å². The summed E-state index contributed by atoms with van der Waals surface area (Å²) in [6, 6.07) is 0. The Balaban J connectivity index is 0.00000264. The average Bonchev–Trinajstić information content (AvgIpc) is 2.73. The summed E-state index contributed by atoms with van der Waals surface area (Å²) in [5.74, 6) is -1.23. The molecule has 0 amide bonds. The maximum Gasteiger partial charge on any atom is 1.00 e. The molecule has 14 heteroatoms. The standard InChI is InChI=1S/C10H14FN2O8P.2Li/c1-4(21-22(17,18)19)8-6(14)2-7(20-8)13-3-5(11)9(15)12-10(13)16;;/h3-4,6-8,14H,2H2,1H3,(H,12,15,16)(H2,17,18,19);;/q;2*+1/p-2/t4-,6-,7+,8+;;/m0../s1. The van der Waals surface area contributed by atoms with Gasteiger partial charge in [-0.3, -0.25) is 14.3 Å². The van der Waals surface area contributed by atoms with E-state index in [0.717, 1.165) is 0 Å². The van der Waals surface area contributed by atoms with Crippen molar-refractivity contribution in [3.63, 3.8) is 0 Å². The number of phosphoric ester groups is 1. The van der Waals surface area contributed by atoms with Gasteiger partial charge in [0.15, 0.2) is 0 Å². The molecule has 2 heterocycles. The first kappa shape index (κ1) is 23.8. The minimum atomic E-state index is -5.28. The molecule has 0 saturated carbocycles. The van der Waals surface area contributed by atoms with E-state index in [1.807, 2.05) is 0 Å². The Morgan fingerprint density at radius 3 is 2.62 bits per heavy atom. The number of aliphatic hydroxyl groups excluding tert-OH is 1. The van der Waals surface area contributed by atoms with Crippen molar-refractivity contribution in [2.45, 2.75) is 37.9 Å². The van der Waals surface area contributed by atoms with Gasteiger partial charge in [0, 0.05) is 6.42 Å². The monoisotopic (exact) mass is 352 g/mol. The first-order chi connectivity index (χ1) is 10.1. The smallest absolute Gasteiger partial charge is 0.790 e. The molecular formula is C10H12FLi2N2O8P. The molecule has 2 N–H and O–H groups in total.